The smallest absolute Gasteiger partial charge is 0.333 e. The van der Waals surface area contributed by atoms with Crippen LogP contribution in [0.25, 0.3) is 0 Å². The Kier molecular flexibility index (Phi) is 2.82. The molecule has 4 nitrogen and oxygen atoms in total. The molecule has 0 unspecified atom stereocenters. The molecule has 0 bridgehead atoms. The normalized spacial score (nSPS) is 10.5. The van der Waals surface area contributed by atoms with Crippen LogP contribution >= 0.6 is 11.6 Å². The minimum absolute atomic E-state index is 0.0975. The molecule has 1 aromatic heterocycles. The van der Waals surface area contributed by atoms with Crippen molar-refractivity contribution in [2.75, 3.05) is 7.05 Å². The fourth-order valence-electron chi connectivity index (χ4n) is 0.742. The minimum Gasteiger partial charge on any atom is -0.354 e. The van der Waals surface area contributed by atoms with Gasteiger partial charge in [-0.05, 0) is 0 Å². The van der Waals surface area contributed by atoms with Crippen molar-refractivity contribution in [2.45, 2.75) is 6.55 Å². The van der Waals surface area contributed by atoms with E-state index in [-0.39, 0.29) is 10.7 Å². The molecule has 0 saturated carbocycles. The van der Waals surface area contributed by atoms with E-state index in [1.807, 2.05) is 0 Å². The van der Waals surface area contributed by atoms with Crippen LogP contribution in [-0.2, 0) is 0 Å². The highest BCUT2D eigenvalue weighted by Crippen LogP contribution is 2.17. The van der Waals surface area contributed by atoms with Crippen LogP contribution in [0.2, 0.25) is 5.02 Å². The quantitative estimate of drug-likeness (QED) is 0.798. The molecule has 72 valence electrons. The maximum Gasteiger partial charge on any atom is 0.333 e. The lowest BCUT2D eigenvalue weighted by molar-refractivity contribution is 0.0560. The van der Waals surface area contributed by atoms with Gasteiger partial charge in [-0.15, -0.1) is 0 Å². The predicted octanol–water partition coefficient (Wildman–Crippen LogP) is 1.29. The molecule has 1 rings (SSSR count). The second-order valence-electron chi connectivity index (χ2n) is 2.16. The van der Waals surface area contributed by atoms with E-state index in [2.05, 4.69) is 10.4 Å². The van der Waals surface area contributed by atoms with Gasteiger partial charge in [0, 0.05) is 7.05 Å². The lowest BCUT2D eigenvalue weighted by Gasteiger charge is -1.96. The van der Waals surface area contributed by atoms with E-state index in [1.54, 1.807) is 0 Å². The molecule has 0 aliphatic rings. The van der Waals surface area contributed by atoms with E-state index < -0.39 is 12.5 Å². The van der Waals surface area contributed by atoms with E-state index in [4.69, 9.17) is 11.6 Å². The zero-order valence-corrected chi connectivity index (χ0v) is 7.35. The summed E-state index contributed by atoms with van der Waals surface area (Å²) in [4.78, 5) is 11.0. The summed E-state index contributed by atoms with van der Waals surface area (Å²) < 4.78 is 24.4. The van der Waals surface area contributed by atoms with E-state index in [0.29, 0.717) is 4.68 Å². The minimum atomic E-state index is -2.80. The third-order valence-corrected chi connectivity index (χ3v) is 1.61. The lowest BCUT2D eigenvalue weighted by Crippen LogP contribution is -2.19. The molecule has 0 aromatic carbocycles. The molecule has 0 atom stereocenters. The summed E-state index contributed by atoms with van der Waals surface area (Å²) in [6.45, 7) is -2.80. The van der Waals surface area contributed by atoms with Gasteiger partial charge in [-0.25, -0.2) is 4.68 Å². The van der Waals surface area contributed by atoms with Gasteiger partial charge in [-0.2, -0.15) is 13.9 Å². The molecule has 0 radical (unpaired) electrons. The maximum atomic E-state index is 12.0. The largest absolute Gasteiger partial charge is 0.354 e. The number of halogens is 3. The summed E-state index contributed by atoms with van der Waals surface area (Å²) in [6, 6.07) is 0. The molecule has 0 spiro atoms. The predicted molar refractivity (Wildman–Crippen MR) is 41.9 cm³/mol. The highest BCUT2D eigenvalue weighted by atomic mass is 35.5. The first-order valence-corrected chi connectivity index (χ1v) is 3.69. The van der Waals surface area contributed by atoms with Crippen LogP contribution in [0.15, 0.2) is 6.20 Å². The molecule has 0 aliphatic heterocycles. The SMILES string of the molecule is CNC(=O)c1nn(C(F)F)cc1Cl. The van der Waals surface area contributed by atoms with Gasteiger partial charge < -0.3 is 5.32 Å². The van der Waals surface area contributed by atoms with Crippen molar-refractivity contribution in [3.63, 3.8) is 0 Å². The number of carbonyl (C=O) groups is 1. The number of aromatic nitrogens is 2. The molecule has 13 heavy (non-hydrogen) atoms. The van der Waals surface area contributed by atoms with Crippen molar-refractivity contribution in [2.24, 2.45) is 0 Å². The number of nitrogens with one attached hydrogen (secondary N) is 1. The summed E-state index contributed by atoms with van der Waals surface area (Å²) in [5.41, 5.74) is -0.204. The number of hydrogen-bond donors (Lipinski definition) is 1. The van der Waals surface area contributed by atoms with E-state index in [0.717, 1.165) is 6.20 Å². The number of carbonyl (C=O) groups excluding carboxylic acids is 1. The summed E-state index contributed by atoms with van der Waals surface area (Å²) in [7, 11) is 1.36. The number of amides is 1. The van der Waals surface area contributed by atoms with Crippen molar-refractivity contribution in [3.8, 4) is 0 Å². The van der Waals surface area contributed by atoms with E-state index >= 15 is 0 Å². The van der Waals surface area contributed by atoms with Crippen molar-refractivity contribution in [1.29, 1.82) is 0 Å². The van der Waals surface area contributed by atoms with Gasteiger partial charge in [0.15, 0.2) is 5.69 Å². The van der Waals surface area contributed by atoms with Crippen LogP contribution in [0.4, 0.5) is 8.78 Å². The standard InChI is InChI=1S/C6H6ClF2N3O/c1-10-5(13)4-3(7)2-12(11-4)6(8)9/h2,6H,1H3,(H,10,13). The third kappa shape index (κ3) is 1.95. The van der Waals surface area contributed by atoms with Crippen molar-refractivity contribution >= 4 is 17.5 Å². The average molecular weight is 210 g/mol. The Morgan fingerprint density at radius 3 is 2.77 bits per heavy atom. The Labute approximate surface area is 77.5 Å². The Balaban J connectivity index is 3.03. The third-order valence-electron chi connectivity index (χ3n) is 1.33. The summed E-state index contributed by atoms with van der Waals surface area (Å²) in [6.07, 6.45) is 0.900. The zero-order chi connectivity index (χ0) is 10.0. The van der Waals surface area contributed by atoms with Gasteiger partial charge in [0.05, 0.1) is 11.2 Å². The number of alkyl halides is 2. The van der Waals surface area contributed by atoms with E-state index in [9.17, 15) is 13.6 Å². The molecular formula is C6H6ClF2N3O. The Bertz CT molecular complexity index is 326. The van der Waals surface area contributed by atoms with Gasteiger partial charge in [0.1, 0.15) is 0 Å². The summed E-state index contributed by atoms with van der Waals surface area (Å²) >= 11 is 5.49. The van der Waals surface area contributed by atoms with Crippen molar-refractivity contribution in [3.05, 3.63) is 16.9 Å². The van der Waals surface area contributed by atoms with Gasteiger partial charge >= 0.3 is 6.55 Å². The molecule has 1 amide bonds. The van der Waals surface area contributed by atoms with Gasteiger partial charge in [-0.1, -0.05) is 11.6 Å². The van der Waals surface area contributed by atoms with Crippen molar-refractivity contribution in [1.82, 2.24) is 15.1 Å². The first kappa shape index (κ1) is 9.91. The molecule has 1 N–H and O–H groups in total. The first-order chi connectivity index (χ1) is 6.06. The van der Waals surface area contributed by atoms with Gasteiger partial charge in [0.25, 0.3) is 5.91 Å². The molecule has 0 aliphatic carbocycles. The van der Waals surface area contributed by atoms with Crippen LogP contribution in [0.1, 0.15) is 17.0 Å². The van der Waals surface area contributed by atoms with Crippen LogP contribution in [0.5, 0.6) is 0 Å². The second kappa shape index (κ2) is 3.69. The van der Waals surface area contributed by atoms with Crippen LogP contribution in [0, 0.1) is 0 Å². The molecule has 1 heterocycles. The molecular weight excluding hydrogens is 204 g/mol. The Hall–Kier alpha value is -1.17. The molecule has 0 saturated heterocycles. The number of hydrogen-bond acceptors (Lipinski definition) is 2. The van der Waals surface area contributed by atoms with Gasteiger partial charge in [0.2, 0.25) is 0 Å². The van der Waals surface area contributed by atoms with Crippen molar-refractivity contribution < 1.29 is 13.6 Å². The van der Waals surface area contributed by atoms with Crippen LogP contribution in [0.3, 0.4) is 0 Å². The zero-order valence-electron chi connectivity index (χ0n) is 6.59. The second-order valence-corrected chi connectivity index (χ2v) is 2.57. The molecule has 0 fully saturated rings. The van der Waals surface area contributed by atoms with Crippen LogP contribution in [-0.4, -0.2) is 22.7 Å². The summed E-state index contributed by atoms with van der Waals surface area (Å²) in [5, 5.41) is 5.44. The fraction of sp³-hybridized carbons (Fsp3) is 0.333. The first-order valence-electron chi connectivity index (χ1n) is 3.31. The van der Waals surface area contributed by atoms with Gasteiger partial charge in [-0.3, -0.25) is 4.79 Å². The summed E-state index contributed by atoms with van der Waals surface area (Å²) in [5.74, 6) is -0.593. The highest BCUT2D eigenvalue weighted by molar-refractivity contribution is 6.33. The Morgan fingerprint density at radius 1 is 1.77 bits per heavy atom. The molecule has 7 heteroatoms. The molecule has 1 aromatic rings. The maximum absolute atomic E-state index is 12.0. The van der Waals surface area contributed by atoms with E-state index in [1.165, 1.54) is 7.05 Å². The number of rotatable bonds is 2. The highest BCUT2D eigenvalue weighted by Gasteiger charge is 2.17. The van der Waals surface area contributed by atoms with Crippen LogP contribution < -0.4 is 5.32 Å². The Morgan fingerprint density at radius 2 is 2.38 bits per heavy atom. The topological polar surface area (TPSA) is 46.9 Å². The lowest BCUT2D eigenvalue weighted by atomic mass is 10.4. The fourth-order valence-corrected chi connectivity index (χ4v) is 0.965. The monoisotopic (exact) mass is 209 g/mol. The average Bonchev–Trinajstić information content (AvgIpc) is 2.46. The number of nitrogens with zero attached hydrogens (tertiary/aromatic N) is 2.